The third kappa shape index (κ3) is 2.81. The number of hydrogen-bond acceptors (Lipinski definition) is 6. The summed E-state index contributed by atoms with van der Waals surface area (Å²) in [5.74, 6) is -3.29. The van der Waals surface area contributed by atoms with Gasteiger partial charge < -0.3 is 20.1 Å². The lowest BCUT2D eigenvalue weighted by atomic mass is 10.1. The van der Waals surface area contributed by atoms with Gasteiger partial charge in [-0.1, -0.05) is 22.6 Å². The Balaban J connectivity index is 2.54. The number of aromatic nitrogens is 2. The summed E-state index contributed by atoms with van der Waals surface area (Å²) in [4.78, 5) is 25.2. The number of aromatic amines is 1. The van der Waals surface area contributed by atoms with Crippen molar-refractivity contribution in [1.29, 1.82) is 0 Å². The first-order valence-corrected chi connectivity index (χ1v) is 7.05. The van der Waals surface area contributed by atoms with Gasteiger partial charge in [-0.25, -0.2) is 9.18 Å². The zero-order chi connectivity index (χ0) is 15.8. The Morgan fingerprint density at radius 1 is 1.57 bits per heavy atom. The number of rotatable bonds is 3. The summed E-state index contributed by atoms with van der Waals surface area (Å²) in [5.41, 5.74) is -1.67. The van der Waals surface area contributed by atoms with Gasteiger partial charge in [0, 0.05) is 6.20 Å². The Labute approximate surface area is 130 Å². The standard InChI is InChI=1S/C11H12FIN2O6/c12-11(20)7(17)6(4-16)21-9(11)15-3-5(1-2-13)8(18)14-10(15)19/h1-3,6-7,9,16-17,20H,4H2,(H,14,18,19)/b2-1+/t6-,7-,9-,11-/m1/s1. The zero-order valence-corrected chi connectivity index (χ0v) is 12.6. The number of alkyl halides is 1. The number of halogens is 2. The SMILES string of the molecule is O=c1[nH]c(=O)n([C@@H]2O[C@H](CO)[C@@H](O)[C@]2(O)F)cc1/C=C/I. The Bertz CT molecular complexity index is 669. The van der Waals surface area contributed by atoms with Gasteiger partial charge in [0.15, 0.2) is 6.23 Å². The third-order valence-electron chi connectivity index (χ3n) is 3.09. The largest absolute Gasteiger partial charge is 0.394 e. The lowest BCUT2D eigenvalue weighted by molar-refractivity contribution is -0.197. The molecule has 0 aromatic carbocycles. The second kappa shape index (κ2) is 5.96. The maximum atomic E-state index is 14.2. The molecule has 4 N–H and O–H groups in total. The molecule has 0 aliphatic carbocycles. The Morgan fingerprint density at radius 3 is 2.76 bits per heavy atom. The molecule has 1 saturated heterocycles. The number of aliphatic hydroxyl groups excluding tert-OH is 2. The lowest BCUT2D eigenvalue weighted by Gasteiger charge is -2.23. The van der Waals surface area contributed by atoms with Crippen LogP contribution in [-0.4, -0.2) is 49.5 Å². The van der Waals surface area contributed by atoms with Crippen LogP contribution in [0.4, 0.5) is 4.39 Å². The smallest absolute Gasteiger partial charge is 0.330 e. The zero-order valence-electron chi connectivity index (χ0n) is 10.4. The molecule has 0 amide bonds. The summed E-state index contributed by atoms with van der Waals surface area (Å²) in [7, 11) is 0. The van der Waals surface area contributed by atoms with Gasteiger partial charge in [-0.15, -0.1) is 0 Å². The average Bonchev–Trinajstić information content (AvgIpc) is 2.65. The van der Waals surface area contributed by atoms with E-state index in [0.717, 1.165) is 6.20 Å². The summed E-state index contributed by atoms with van der Waals surface area (Å²) in [5, 5.41) is 28.2. The van der Waals surface area contributed by atoms with Crippen LogP contribution in [-0.2, 0) is 4.74 Å². The van der Waals surface area contributed by atoms with Crippen LogP contribution in [0.15, 0.2) is 19.9 Å². The van der Waals surface area contributed by atoms with E-state index in [4.69, 9.17) is 9.84 Å². The number of nitrogens with one attached hydrogen (secondary N) is 1. The van der Waals surface area contributed by atoms with Gasteiger partial charge in [0.25, 0.3) is 11.4 Å². The molecule has 1 fully saturated rings. The molecule has 0 radical (unpaired) electrons. The first-order valence-electron chi connectivity index (χ1n) is 5.80. The number of nitrogens with zero attached hydrogens (tertiary/aromatic N) is 1. The molecule has 2 heterocycles. The van der Waals surface area contributed by atoms with Crippen molar-refractivity contribution < 1.29 is 24.4 Å². The van der Waals surface area contributed by atoms with Crippen LogP contribution in [0.25, 0.3) is 6.08 Å². The predicted molar refractivity (Wildman–Crippen MR) is 77.4 cm³/mol. The van der Waals surface area contributed by atoms with E-state index in [0.29, 0.717) is 4.57 Å². The van der Waals surface area contributed by atoms with E-state index in [9.17, 15) is 24.2 Å². The van der Waals surface area contributed by atoms with Crippen LogP contribution < -0.4 is 11.2 Å². The fourth-order valence-corrected chi connectivity index (χ4v) is 2.39. The minimum atomic E-state index is -3.29. The van der Waals surface area contributed by atoms with Crippen molar-refractivity contribution in [3.8, 4) is 0 Å². The molecule has 10 heteroatoms. The molecule has 2 rings (SSSR count). The van der Waals surface area contributed by atoms with E-state index in [2.05, 4.69) is 0 Å². The molecular weight excluding hydrogens is 402 g/mol. The molecule has 1 aromatic heterocycles. The summed E-state index contributed by atoms with van der Waals surface area (Å²) in [6.07, 6.45) is -2.96. The predicted octanol–water partition coefficient (Wildman–Crippen LogP) is -1.15. The molecule has 4 atom stereocenters. The van der Waals surface area contributed by atoms with Gasteiger partial charge in [-0.3, -0.25) is 14.3 Å². The minimum Gasteiger partial charge on any atom is -0.394 e. The fourth-order valence-electron chi connectivity index (χ4n) is 2.01. The number of aliphatic hydroxyl groups is 3. The van der Waals surface area contributed by atoms with Gasteiger partial charge in [0.1, 0.15) is 12.2 Å². The molecule has 0 saturated carbocycles. The van der Waals surface area contributed by atoms with Gasteiger partial charge in [0.2, 0.25) is 0 Å². The highest BCUT2D eigenvalue weighted by Gasteiger charge is 2.57. The third-order valence-corrected chi connectivity index (χ3v) is 3.45. The van der Waals surface area contributed by atoms with Gasteiger partial charge in [-0.05, 0) is 10.2 Å². The van der Waals surface area contributed by atoms with E-state index in [-0.39, 0.29) is 5.56 Å². The highest BCUT2D eigenvalue weighted by molar-refractivity contribution is 14.1. The topological polar surface area (TPSA) is 125 Å². The van der Waals surface area contributed by atoms with Crippen molar-refractivity contribution in [3.63, 3.8) is 0 Å². The van der Waals surface area contributed by atoms with Crippen LogP contribution in [0, 0.1) is 0 Å². The second-order valence-corrected chi connectivity index (χ2v) is 5.14. The van der Waals surface area contributed by atoms with E-state index in [1.807, 2.05) is 27.6 Å². The highest BCUT2D eigenvalue weighted by Crippen LogP contribution is 2.38. The van der Waals surface area contributed by atoms with Crippen molar-refractivity contribution in [1.82, 2.24) is 9.55 Å². The Morgan fingerprint density at radius 2 is 2.24 bits per heavy atom. The van der Waals surface area contributed by atoms with Gasteiger partial charge in [0.05, 0.1) is 12.2 Å². The minimum absolute atomic E-state index is 0.0327. The normalized spacial score (nSPS) is 32.9. The van der Waals surface area contributed by atoms with Crippen LogP contribution >= 0.6 is 22.6 Å². The van der Waals surface area contributed by atoms with Crippen LogP contribution in [0.5, 0.6) is 0 Å². The molecule has 0 unspecified atom stereocenters. The number of H-pyrrole nitrogens is 1. The average molecular weight is 414 g/mol. The van der Waals surface area contributed by atoms with Crippen molar-refractivity contribution in [2.24, 2.45) is 0 Å². The van der Waals surface area contributed by atoms with E-state index in [1.165, 1.54) is 10.2 Å². The summed E-state index contributed by atoms with van der Waals surface area (Å²) < 4.78 is 21.3. The van der Waals surface area contributed by atoms with E-state index >= 15 is 0 Å². The maximum Gasteiger partial charge on any atom is 0.330 e. The summed E-state index contributed by atoms with van der Waals surface area (Å²) >= 11 is 1.85. The van der Waals surface area contributed by atoms with E-state index < -0.39 is 42.1 Å². The van der Waals surface area contributed by atoms with Crippen LogP contribution in [0.2, 0.25) is 0 Å². The molecule has 0 spiro atoms. The van der Waals surface area contributed by atoms with Crippen molar-refractivity contribution >= 4 is 28.7 Å². The first-order chi connectivity index (χ1) is 9.82. The highest BCUT2D eigenvalue weighted by atomic mass is 127. The van der Waals surface area contributed by atoms with Gasteiger partial charge in [-0.2, -0.15) is 0 Å². The fraction of sp³-hybridized carbons (Fsp3) is 0.455. The summed E-state index contributed by atoms with van der Waals surface area (Å²) in [6, 6.07) is 0. The molecule has 21 heavy (non-hydrogen) atoms. The first kappa shape index (κ1) is 16.3. The Kier molecular flexibility index (Phi) is 4.63. The van der Waals surface area contributed by atoms with Crippen LogP contribution in [0.1, 0.15) is 11.8 Å². The molecular formula is C11H12FIN2O6. The summed E-state index contributed by atoms with van der Waals surface area (Å²) in [6.45, 7) is -0.748. The number of hydrogen-bond donors (Lipinski definition) is 4. The maximum absolute atomic E-state index is 14.2. The van der Waals surface area contributed by atoms with Crippen molar-refractivity contribution in [3.05, 3.63) is 36.7 Å². The lowest BCUT2D eigenvalue weighted by Crippen LogP contribution is -2.46. The van der Waals surface area contributed by atoms with Crippen molar-refractivity contribution in [2.75, 3.05) is 6.61 Å². The monoisotopic (exact) mass is 414 g/mol. The quantitative estimate of drug-likeness (QED) is 0.464. The second-order valence-electron chi connectivity index (χ2n) is 4.43. The molecule has 116 valence electrons. The molecule has 1 aliphatic heterocycles. The van der Waals surface area contributed by atoms with E-state index in [1.54, 1.807) is 0 Å². The van der Waals surface area contributed by atoms with Gasteiger partial charge >= 0.3 is 5.69 Å². The molecule has 1 aliphatic rings. The van der Waals surface area contributed by atoms with Crippen LogP contribution in [0.3, 0.4) is 0 Å². The molecule has 8 nitrogen and oxygen atoms in total. The number of ether oxygens (including phenoxy) is 1. The molecule has 0 bridgehead atoms. The molecule has 1 aromatic rings. The Hall–Kier alpha value is -1.08. The van der Waals surface area contributed by atoms with Crippen molar-refractivity contribution in [2.45, 2.75) is 24.3 Å².